The Morgan fingerprint density at radius 3 is 2.53 bits per heavy atom. The normalized spacial score (nSPS) is 24.4. The number of hydrogen-bond acceptors (Lipinski definition) is 1. The molecule has 2 aromatic rings. The molecule has 0 saturated heterocycles. The summed E-state index contributed by atoms with van der Waals surface area (Å²) < 4.78 is 6.71. The second-order valence-electron chi connectivity index (χ2n) is 7.19. The first-order valence-corrected chi connectivity index (χ1v) is 7.74. The van der Waals surface area contributed by atoms with E-state index in [1.165, 1.54) is 22.9 Å². The van der Waals surface area contributed by atoms with Crippen LogP contribution in [-0.4, -0.2) is 0 Å². The van der Waals surface area contributed by atoms with Crippen molar-refractivity contribution in [2.45, 2.75) is 51.9 Å². The van der Waals surface area contributed by atoms with E-state index in [1.807, 2.05) is 0 Å². The van der Waals surface area contributed by atoms with Crippen LogP contribution in [0.4, 0.5) is 0 Å². The molecule has 0 N–H and O–H groups in total. The van der Waals surface area contributed by atoms with E-state index in [2.05, 4.69) is 62.7 Å². The summed E-state index contributed by atoms with van der Waals surface area (Å²) in [5, 5.41) is 1.19. The zero-order valence-electron chi connectivity index (χ0n) is 12.3. The quantitative estimate of drug-likeness (QED) is 0.598. The second kappa shape index (κ2) is 3.88. The lowest BCUT2D eigenvalue weighted by atomic mass is 9.58. The third kappa shape index (κ3) is 1.79. The summed E-state index contributed by atoms with van der Waals surface area (Å²) in [6.07, 6.45) is 3.01. The molecule has 1 aliphatic carbocycles. The van der Waals surface area contributed by atoms with Gasteiger partial charge in [-0.05, 0) is 62.4 Å². The molecule has 1 heterocycles. The summed E-state index contributed by atoms with van der Waals surface area (Å²) in [6, 6.07) is 4.58. The van der Waals surface area contributed by atoms with E-state index in [0.29, 0.717) is 5.92 Å². The number of rotatable bonds is 0. The Kier molecular flexibility index (Phi) is 2.70. The van der Waals surface area contributed by atoms with Crippen LogP contribution in [0.1, 0.15) is 52.2 Å². The smallest absolute Gasteiger partial charge is 0.135 e. The minimum atomic E-state index is 0.218. The van der Waals surface area contributed by atoms with Gasteiger partial charge in [0.25, 0.3) is 0 Å². The number of fused-ring (bicyclic) bond motifs is 2. The molecule has 102 valence electrons. The number of benzene rings is 1. The van der Waals surface area contributed by atoms with Crippen molar-refractivity contribution in [1.82, 2.24) is 0 Å². The lowest BCUT2D eigenvalue weighted by Crippen LogP contribution is -2.40. The maximum Gasteiger partial charge on any atom is 0.135 e. The molecule has 0 bridgehead atoms. The molecule has 0 spiro atoms. The van der Waals surface area contributed by atoms with Gasteiger partial charge in [0.1, 0.15) is 11.8 Å². The van der Waals surface area contributed by atoms with Gasteiger partial charge in [-0.1, -0.05) is 34.6 Å². The van der Waals surface area contributed by atoms with Gasteiger partial charge in [-0.2, -0.15) is 0 Å². The molecule has 2 heteroatoms. The van der Waals surface area contributed by atoms with Crippen LogP contribution in [0.2, 0.25) is 0 Å². The number of furan rings is 1. The van der Waals surface area contributed by atoms with Gasteiger partial charge >= 0.3 is 0 Å². The monoisotopic (exact) mass is 320 g/mol. The molecule has 3 rings (SSSR count). The van der Waals surface area contributed by atoms with Gasteiger partial charge in [0.05, 0.1) is 4.47 Å². The van der Waals surface area contributed by atoms with Crippen molar-refractivity contribution < 1.29 is 4.42 Å². The standard InChI is InChI=1S/C17H21BrO/c1-10-8-16(2,3)12-7-15-11(14(18)9-19-15)6-13(12)17(10,4)5/h6-7,9-10H,8H2,1-5H3. The maximum atomic E-state index is 5.66. The van der Waals surface area contributed by atoms with Gasteiger partial charge in [-0.3, -0.25) is 0 Å². The van der Waals surface area contributed by atoms with Gasteiger partial charge in [-0.15, -0.1) is 0 Å². The first-order valence-electron chi connectivity index (χ1n) is 6.95. The minimum absolute atomic E-state index is 0.218. The van der Waals surface area contributed by atoms with Crippen molar-refractivity contribution in [2.24, 2.45) is 5.92 Å². The maximum absolute atomic E-state index is 5.66. The van der Waals surface area contributed by atoms with Crippen molar-refractivity contribution >= 4 is 26.9 Å². The molecule has 1 unspecified atom stereocenters. The van der Waals surface area contributed by atoms with Crippen LogP contribution in [0.3, 0.4) is 0 Å². The fourth-order valence-electron chi connectivity index (χ4n) is 3.53. The van der Waals surface area contributed by atoms with Gasteiger partial charge in [0.15, 0.2) is 0 Å². The fraction of sp³-hybridized carbons (Fsp3) is 0.529. The Labute approximate surface area is 123 Å². The Morgan fingerprint density at radius 1 is 1.16 bits per heavy atom. The zero-order chi connectivity index (χ0) is 14.0. The average Bonchev–Trinajstić information content (AvgIpc) is 2.67. The van der Waals surface area contributed by atoms with Gasteiger partial charge < -0.3 is 4.42 Å². The van der Waals surface area contributed by atoms with E-state index in [4.69, 9.17) is 4.42 Å². The van der Waals surface area contributed by atoms with E-state index >= 15 is 0 Å². The average molecular weight is 321 g/mol. The van der Waals surface area contributed by atoms with E-state index in [0.717, 1.165) is 10.1 Å². The van der Waals surface area contributed by atoms with Crippen molar-refractivity contribution in [1.29, 1.82) is 0 Å². The molecule has 0 saturated carbocycles. The SMILES string of the molecule is CC1CC(C)(C)c2cc3occ(Br)c3cc2C1(C)C. The van der Waals surface area contributed by atoms with E-state index in [1.54, 1.807) is 6.26 Å². The Morgan fingerprint density at radius 2 is 1.84 bits per heavy atom. The molecule has 1 aromatic heterocycles. The van der Waals surface area contributed by atoms with Crippen LogP contribution in [0, 0.1) is 5.92 Å². The Balaban J connectivity index is 2.37. The minimum Gasteiger partial charge on any atom is -0.463 e. The molecule has 1 atom stereocenters. The first kappa shape index (κ1) is 13.2. The highest BCUT2D eigenvalue weighted by atomic mass is 79.9. The summed E-state index contributed by atoms with van der Waals surface area (Å²) in [7, 11) is 0. The predicted octanol–water partition coefficient (Wildman–Crippen LogP) is 5.79. The molecule has 0 aliphatic heterocycles. The molecule has 0 fully saturated rings. The molecular formula is C17H21BrO. The van der Waals surface area contributed by atoms with E-state index in [-0.39, 0.29) is 10.8 Å². The van der Waals surface area contributed by atoms with Gasteiger partial charge in [-0.25, -0.2) is 0 Å². The lowest BCUT2D eigenvalue weighted by molar-refractivity contribution is 0.234. The van der Waals surface area contributed by atoms with E-state index in [9.17, 15) is 0 Å². The summed E-state index contributed by atoms with van der Waals surface area (Å²) in [5.74, 6) is 0.679. The highest BCUT2D eigenvalue weighted by Crippen LogP contribution is 2.50. The summed E-state index contributed by atoms with van der Waals surface area (Å²) >= 11 is 3.58. The van der Waals surface area contributed by atoms with Crippen LogP contribution in [-0.2, 0) is 10.8 Å². The van der Waals surface area contributed by atoms with Crippen molar-refractivity contribution in [3.63, 3.8) is 0 Å². The van der Waals surface area contributed by atoms with Gasteiger partial charge in [0, 0.05) is 5.39 Å². The first-order chi connectivity index (χ1) is 8.73. The number of halogens is 1. The zero-order valence-corrected chi connectivity index (χ0v) is 13.9. The Hall–Kier alpha value is -0.760. The van der Waals surface area contributed by atoms with Crippen molar-refractivity contribution in [3.8, 4) is 0 Å². The highest BCUT2D eigenvalue weighted by Gasteiger charge is 2.42. The molecule has 0 radical (unpaired) electrons. The van der Waals surface area contributed by atoms with Crippen LogP contribution in [0.5, 0.6) is 0 Å². The molecule has 19 heavy (non-hydrogen) atoms. The summed E-state index contributed by atoms with van der Waals surface area (Å²) in [4.78, 5) is 0. The third-order valence-electron chi connectivity index (χ3n) is 5.14. The van der Waals surface area contributed by atoms with Crippen LogP contribution >= 0.6 is 15.9 Å². The second-order valence-corrected chi connectivity index (χ2v) is 8.04. The van der Waals surface area contributed by atoms with E-state index < -0.39 is 0 Å². The molecule has 1 nitrogen and oxygen atoms in total. The summed E-state index contributed by atoms with van der Waals surface area (Å²) in [5.41, 5.74) is 4.35. The molecular weight excluding hydrogens is 300 g/mol. The van der Waals surface area contributed by atoms with Crippen molar-refractivity contribution in [2.75, 3.05) is 0 Å². The van der Waals surface area contributed by atoms with Crippen LogP contribution in [0.15, 0.2) is 27.3 Å². The van der Waals surface area contributed by atoms with Crippen LogP contribution < -0.4 is 0 Å². The largest absolute Gasteiger partial charge is 0.463 e. The van der Waals surface area contributed by atoms with Crippen molar-refractivity contribution in [3.05, 3.63) is 34.0 Å². The highest BCUT2D eigenvalue weighted by molar-refractivity contribution is 9.10. The third-order valence-corrected chi connectivity index (χ3v) is 5.75. The lowest BCUT2D eigenvalue weighted by Gasteiger charge is -2.46. The number of hydrogen-bond donors (Lipinski definition) is 0. The molecule has 1 aromatic carbocycles. The molecule has 0 amide bonds. The molecule has 1 aliphatic rings. The fourth-order valence-corrected chi connectivity index (χ4v) is 3.94. The van der Waals surface area contributed by atoms with Gasteiger partial charge in [0.2, 0.25) is 0 Å². The summed E-state index contributed by atoms with van der Waals surface area (Å²) in [6.45, 7) is 11.8. The topological polar surface area (TPSA) is 13.1 Å². The Bertz CT molecular complexity index is 649. The van der Waals surface area contributed by atoms with Crippen LogP contribution in [0.25, 0.3) is 11.0 Å². The predicted molar refractivity (Wildman–Crippen MR) is 83.7 cm³/mol.